The molecule has 3 nitrogen and oxygen atoms in total. The molecule has 1 unspecified atom stereocenters. The van der Waals surface area contributed by atoms with Crippen LogP contribution in [0.2, 0.25) is 0 Å². The summed E-state index contributed by atoms with van der Waals surface area (Å²) >= 11 is 0. The van der Waals surface area contributed by atoms with Crippen LogP contribution < -0.4 is 10.2 Å². The molecule has 3 rings (SSSR count). The molecule has 0 aliphatic carbocycles. The maximum Gasteiger partial charge on any atom is 0.387 e. The number of hydrogen-bond acceptors (Lipinski definition) is 3. The molecule has 0 radical (unpaired) electrons. The first-order valence-corrected chi connectivity index (χ1v) is 6.74. The summed E-state index contributed by atoms with van der Waals surface area (Å²) in [5.74, 6) is -0.201. The second kappa shape index (κ2) is 6.09. The van der Waals surface area contributed by atoms with E-state index in [0.717, 1.165) is 16.8 Å². The van der Waals surface area contributed by atoms with E-state index in [-0.39, 0.29) is 17.5 Å². The Morgan fingerprint density at radius 3 is 2.36 bits per heavy atom. The molecule has 1 atom stereocenters. The fraction of sp³-hybridized carbons (Fsp3) is 0.188. The van der Waals surface area contributed by atoms with Crippen LogP contribution in [0.3, 0.4) is 0 Å². The predicted molar refractivity (Wildman–Crippen MR) is 76.8 cm³/mol. The van der Waals surface area contributed by atoms with E-state index in [1.165, 1.54) is 24.3 Å². The van der Waals surface area contributed by atoms with Crippen molar-refractivity contribution in [2.45, 2.75) is 12.5 Å². The molecule has 2 aromatic carbocycles. The number of hydrogen-bond donors (Lipinski definition) is 1. The summed E-state index contributed by atoms with van der Waals surface area (Å²) in [5.41, 5.74) is 5.46. The van der Waals surface area contributed by atoms with E-state index in [1.807, 2.05) is 0 Å². The van der Waals surface area contributed by atoms with Gasteiger partial charge in [0.05, 0.1) is 5.71 Å². The molecule has 0 saturated carbocycles. The molecule has 6 heteroatoms. The SMILES string of the molecule is Fc1ccc(C2CNN=C2c2ccc(OC(F)F)cc2)cc1. The van der Waals surface area contributed by atoms with Crippen LogP contribution >= 0.6 is 0 Å². The van der Waals surface area contributed by atoms with Crippen molar-refractivity contribution in [1.29, 1.82) is 0 Å². The topological polar surface area (TPSA) is 33.6 Å². The average Bonchev–Trinajstić information content (AvgIpc) is 2.97. The predicted octanol–water partition coefficient (Wildman–Crippen LogP) is 3.52. The number of alkyl halides is 2. The van der Waals surface area contributed by atoms with Crippen LogP contribution in [-0.2, 0) is 0 Å². The van der Waals surface area contributed by atoms with Crippen LogP contribution in [0.1, 0.15) is 17.0 Å². The van der Waals surface area contributed by atoms with Gasteiger partial charge in [0.15, 0.2) is 0 Å². The highest BCUT2D eigenvalue weighted by molar-refractivity contribution is 6.06. The molecule has 0 spiro atoms. The van der Waals surface area contributed by atoms with Crippen molar-refractivity contribution in [2.24, 2.45) is 5.10 Å². The van der Waals surface area contributed by atoms with Crippen molar-refractivity contribution < 1.29 is 17.9 Å². The number of ether oxygens (including phenoxy) is 1. The molecule has 114 valence electrons. The first-order chi connectivity index (χ1) is 10.6. The summed E-state index contributed by atoms with van der Waals surface area (Å²) in [4.78, 5) is 0. The lowest BCUT2D eigenvalue weighted by Gasteiger charge is -2.13. The van der Waals surface area contributed by atoms with Crippen LogP contribution in [0.4, 0.5) is 13.2 Å². The van der Waals surface area contributed by atoms with E-state index in [4.69, 9.17) is 0 Å². The minimum absolute atomic E-state index is 0.0116. The Balaban J connectivity index is 1.82. The molecule has 1 N–H and O–H groups in total. The highest BCUT2D eigenvalue weighted by Gasteiger charge is 2.24. The van der Waals surface area contributed by atoms with Crippen molar-refractivity contribution in [3.8, 4) is 5.75 Å². The smallest absolute Gasteiger partial charge is 0.387 e. The number of rotatable bonds is 4. The summed E-state index contributed by atoms with van der Waals surface area (Å²) in [6, 6.07) is 12.6. The molecule has 0 aromatic heterocycles. The third-order valence-corrected chi connectivity index (χ3v) is 3.47. The van der Waals surface area contributed by atoms with Gasteiger partial charge < -0.3 is 10.2 Å². The lowest BCUT2D eigenvalue weighted by atomic mass is 9.91. The largest absolute Gasteiger partial charge is 0.435 e. The van der Waals surface area contributed by atoms with Gasteiger partial charge in [-0.15, -0.1) is 0 Å². The molecular weight excluding hydrogens is 293 g/mol. The van der Waals surface area contributed by atoms with E-state index in [1.54, 1.807) is 24.3 Å². The zero-order chi connectivity index (χ0) is 15.5. The van der Waals surface area contributed by atoms with Crippen LogP contribution in [-0.4, -0.2) is 18.9 Å². The zero-order valence-corrected chi connectivity index (χ0v) is 11.5. The summed E-state index contributed by atoms with van der Waals surface area (Å²) in [6.45, 7) is -2.24. The van der Waals surface area contributed by atoms with Gasteiger partial charge in [-0.25, -0.2) is 4.39 Å². The van der Waals surface area contributed by atoms with Gasteiger partial charge in [-0.05, 0) is 47.5 Å². The molecule has 1 aliphatic rings. The fourth-order valence-electron chi connectivity index (χ4n) is 2.44. The maximum absolute atomic E-state index is 13.0. The second-order valence-corrected chi connectivity index (χ2v) is 4.87. The number of halogens is 3. The summed E-state index contributed by atoms with van der Waals surface area (Å²) < 4.78 is 41.7. The first kappa shape index (κ1) is 14.4. The quantitative estimate of drug-likeness (QED) is 0.937. The molecule has 1 aliphatic heterocycles. The van der Waals surface area contributed by atoms with Gasteiger partial charge in [0, 0.05) is 12.5 Å². The highest BCUT2D eigenvalue weighted by Crippen LogP contribution is 2.26. The van der Waals surface area contributed by atoms with Gasteiger partial charge in [-0.3, -0.25) is 0 Å². The van der Waals surface area contributed by atoms with E-state index >= 15 is 0 Å². The zero-order valence-electron chi connectivity index (χ0n) is 11.5. The van der Waals surface area contributed by atoms with Crippen LogP contribution in [0.25, 0.3) is 0 Å². The highest BCUT2D eigenvalue weighted by atomic mass is 19.3. The van der Waals surface area contributed by atoms with Gasteiger partial charge >= 0.3 is 6.61 Å². The van der Waals surface area contributed by atoms with Crippen molar-refractivity contribution in [1.82, 2.24) is 5.43 Å². The van der Waals surface area contributed by atoms with E-state index in [9.17, 15) is 13.2 Å². The van der Waals surface area contributed by atoms with Crippen molar-refractivity contribution in [2.75, 3.05) is 6.54 Å². The molecule has 0 bridgehead atoms. The molecule has 0 saturated heterocycles. The Bertz CT molecular complexity index is 669. The molecule has 1 heterocycles. The lowest BCUT2D eigenvalue weighted by Crippen LogP contribution is -2.14. The Morgan fingerprint density at radius 1 is 1.05 bits per heavy atom. The number of nitrogens with zero attached hydrogens (tertiary/aromatic N) is 1. The van der Waals surface area contributed by atoms with Crippen molar-refractivity contribution in [3.63, 3.8) is 0 Å². The van der Waals surface area contributed by atoms with Gasteiger partial charge in [0.1, 0.15) is 11.6 Å². The maximum atomic E-state index is 13.0. The molecule has 22 heavy (non-hydrogen) atoms. The summed E-state index contributed by atoms with van der Waals surface area (Å²) in [7, 11) is 0. The van der Waals surface area contributed by atoms with Gasteiger partial charge in [-0.1, -0.05) is 12.1 Å². The first-order valence-electron chi connectivity index (χ1n) is 6.74. The molecule has 0 fully saturated rings. The fourth-order valence-corrected chi connectivity index (χ4v) is 2.44. The number of hydrazone groups is 1. The second-order valence-electron chi connectivity index (χ2n) is 4.87. The monoisotopic (exact) mass is 306 g/mol. The Hall–Kier alpha value is -2.50. The minimum atomic E-state index is -2.84. The third kappa shape index (κ3) is 3.05. The average molecular weight is 306 g/mol. The van der Waals surface area contributed by atoms with Crippen LogP contribution in [0, 0.1) is 5.82 Å². The van der Waals surface area contributed by atoms with Crippen LogP contribution in [0.5, 0.6) is 5.75 Å². The number of nitrogens with one attached hydrogen (secondary N) is 1. The summed E-state index contributed by atoms with van der Waals surface area (Å²) in [6.07, 6.45) is 0. The van der Waals surface area contributed by atoms with Gasteiger partial charge in [0.25, 0.3) is 0 Å². The Morgan fingerprint density at radius 2 is 1.73 bits per heavy atom. The normalized spacial score (nSPS) is 17.3. The minimum Gasteiger partial charge on any atom is -0.435 e. The molecular formula is C16H13F3N2O. The van der Waals surface area contributed by atoms with E-state index in [2.05, 4.69) is 15.3 Å². The third-order valence-electron chi connectivity index (χ3n) is 3.47. The Kier molecular flexibility index (Phi) is 4.00. The van der Waals surface area contributed by atoms with E-state index in [0.29, 0.717) is 6.54 Å². The van der Waals surface area contributed by atoms with E-state index < -0.39 is 6.61 Å². The van der Waals surface area contributed by atoms with Gasteiger partial charge in [-0.2, -0.15) is 13.9 Å². The standard InChI is InChI=1S/C16H13F3N2O/c17-12-5-1-10(2-6-12)14-9-20-21-15(14)11-3-7-13(8-4-11)22-16(18)19/h1-8,14,16,20H,9H2. The Labute approximate surface area is 125 Å². The molecule has 0 amide bonds. The number of benzene rings is 2. The lowest BCUT2D eigenvalue weighted by molar-refractivity contribution is -0.0498. The molecule has 2 aromatic rings. The van der Waals surface area contributed by atoms with Crippen molar-refractivity contribution in [3.05, 3.63) is 65.5 Å². The van der Waals surface area contributed by atoms with Gasteiger partial charge in [0.2, 0.25) is 0 Å². The van der Waals surface area contributed by atoms with Crippen LogP contribution in [0.15, 0.2) is 53.6 Å². The van der Waals surface area contributed by atoms with Crippen molar-refractivity contribution >= 4 is 5.71 Å². The summed E-state index contributed by atoms with van der Waals surface area (Å²) in [5, 5.41) is 4.26.